The van der Waals surface area contributed by atoms with Crippen LogP contribution in [0, 0.1) is 59.2 Å². The average molecular weight is 260 g/mol. The van der Waals surface area contributed by atoms with Gasteiger partial charge in [-0.1, -0.05) is 0 Å². The molecule has 4 N–H and O–H groups in total. The molecule has 0 spiro atoms. The molecule has 0 aliphatic rings. The van der Waals surface area contributed by atoms with E-state index in [2.05, 4.69) is 0 Å². The van der Waals surface area contributed by atoms with Crippen molar-refractivity contribution in [1.82, 2.24) is 0 Å². The Balaban J connectivity index is -0.0000000130. The van der Waals surface area contributed by atoms with E-state index in [1.165, 1.54) is 0 Å². The molecule has 0 fully saturated rings. The molecule has 0 amide bonds. The first kappa shape index (κ1) is 48.6. The topological polar surface area (TPSA) is 171 Å². The molecule has 0 heterocycles. The third kappa shape index (κ3) is 115000. The second-order valence-corrected chi connectivity index (χ2v) is 0.931. The molecule has 0 aromatic rings. The van der Waals surface area contributed by atoms with E-state index in [0.29, 0.717) is 0 Å². The molecule has 0 unspecified atom stereocenters. The molecule has 0 bridgehead atoms. The van der Waals surface area contributed by atoms with Crippen molar-refractivity contribution in [2.45, 2.75) is 6.42 Å². The molecule has 16 heavy (non-hydrogen) atoms. The fraction of sp³-hybridized carbons (Fsp3) is 0.375. The van der Waals surface area contributed by atoms with E-state index >= 15 is 0 Å². The molecule has 0 saturated heterocycles. The van der Waals surface area contributed by atoms with Gasteiger partial charge in [0.1, 0.15) is 0 Å². The van der Waals surface area contributed by atoms with Crippen LogP contribution in [0.3, 0.4) is 0 Å². The summed E-state index contributed by atoms with van der Waals surface area (Å²) in [6, 6.07) is 0. The van der Waals surface area contributed by atoms with Crippen molar-refractivity contribution in [3.05, 3.63) is 32.9 Å². The molecular weight excluding hydrogens is 250 g/mol. The van der Waals surface area contributed by atoms with E-state index in [0.717, 1.165) is 19.5 Å². The van der Waals surface area contributed by atoms with E-state index in [4.69, 9.17) is 70.6 Å². The Labute approximate surface area is 108 Å². The van der Waals surface area contributed by atoms with Crippen LogP contribution >= 0.6 is 0 Å². The summed E-state index contributed by atoms with van der Waals surface area (Å²) in [5.74, 6) is 0. The molecule has 0 aliphatic carbocycles. The van der Waals surface area contributed by atoms with E-state index in [-0.39, 0.29) is 17.1 Å². The van der Waals surface area contributed by atoms with Gasteiger partial charge in [-0.2, -0.15) is 0 Å². The van der Waals surface area contributed by atoms with Crippen LogP contribution in [0.4, 0.5) is 0 Å². The minimum Gasteiger partial charge on any atom is -0.512 e. The van der Waals surface area contributed by atoms with Gasteiger partial charge in [0.25, 0.3) is 0 Å². The van der Waals surface area contributed by atoms with Crippen molar-refractivity contribution in [3.63, 3.8) is 0 Å². The summed E-state index contributed by atoms with van der Waals surface area (Å²) in [4.78, 5) is 0. The summed E-state index contributed by atoms with van der Waals surface area (Å²) in [7, 11) is 0. The first-order chi connectivity index (χ1) is 7.41. The maximum Gasteiger partial charge on any atom is 5.00 e. The van der Waals surface area contributed by atoms with Crippen LogP contribution in [0.2, 0.25) is 0 Å². The van der Waals surface area contributed by atoms with Gasteiger partial charge in [-0.15, -0.1) is 0 Å². The van der Waals surface area contributed by atoms with E-state index in [9.17, 15) is 0 Å². The van der Waals surface area contributed by atoms with Crippen molar-refractivity contribution >= 4 is 0 Å². The first-order valence-electron chi connectivity index (χ1n) is 2.93. The van der Waals surface area contributed by atoms with E-state index in [1.807, 2.05) is 0 Å². The van der Waals surface area contributed by atoms with Gasteiger partial charge in [0, 0.05) is 0 Å². The third-order valence-corrected chi connectivity index (χ3v) is 0.408. The number of nitrogens with zero attached hydrogens (tertiary/aromatic N) is 5. The number of hydrogen-bond donors (Lipinski definition) is 2. The van der Waals surface area contributed by atoms with Crippen LogP contribution in [0.1, 0.15) is 6.42 Å². The summed E-state index contributed by atoms with van der Waals surface area (Å²) < 4.78 is 0. The minimum absolute atomic E-state index is 0. The van der Waals surface area contributed by atoms with Gasteiger partial charge in [0.2, 0.25) is 0 Å². The molecule has 0 aromatic heterocycles. The number of hydrogen-bond acceptors (Lipinski definition) is 7. The van der Waals surface area contributed by atoms with Gasteiger partial charge in [-0.05, 0) is 19.5 Å². The molecule has 7 nitrogen and oxygen atoms in total. The maximum atomic E-state index is 6.25. The standard InChI is InChI=1S/C3H10N2.5CN.Fe/c4-2-1-3-5;5*1-2;/h1-5H2;;;;;;/q;5*-1;+5. The summed E-state index contributed by atoms with van der Waals surface area (Å²) in [5, 5.41) is 31.2. The monoisotopic (exact) mass is 260 g/mol. The van der Waals surface area contributed by atoms with Crippen LogP contribution in [-0.4, -0.2) is 13.1 Å². The molecule has 8 heteroatoms. The van der Waals surface area contributed by atoms with E-state index < -0.39 is 0 Å². The smallest absolute Gasteiger partial charge is 0.512 e. The molecule has 85 valence electrons. The third-order valence-electron chi connectivity index (χ3n) is 0.408. The number of rotatable bonds is 2. The van der Waals surface area contributed by atoms with Gasteiger partial charge < -0.3 is 70.6 Å². The quantitative estimate of drug-likeness (QED) is 0.509. The van der Waals surface area contributed by atoms with Crippen LogP contribution < -0.4 is 11.5 Å². The normalized spacial score (nSPS) is 3.25. The predicted octanol–water partition coefficient (Wildman–Crippen LogP) is -0.227. The van der Waals surface area contributed by atoms with Crippen molar-refractivity contribution in [2.24, 2.45) is 11.5 Å². The Morgan fingerprint density at radius 3 is 0.688 bits per heavy atom. The second kappa shape index (κ2) is 2300. The Morgan fingerprint density at radius 1 is 0.562 bits per heavy atom. The van der Waals surface area contributed by atoms with Crippen LogP contribution in [-0.2, 0) is 17.1 Å². The van der Waals surface area contributed by atoms with Crippen LogP contribution in [0.25, 0.3) is 0 Å². The Bertz CT molecular complexity index is 110. The van der Waals surface area contributed by atoms with Crippen molar-refractivity contribution in [1.29, 1.82) is 26.3 Å². The molecule has 0 atom stereocenters. The van der Waals surface area contributed by atoms with Crippen molar-refractivity contribution < 1.29 is 17.1 Å². The van der Waals surface area contributed by atoms with E-state index in [1.54, 1.807) is 0 Å². The largest absolute Gasteiger partial charge is 5.00 e. The molecule has 0 rings (SSSR count). The maximum absolute atomic E-state index is 6.25. The first-order valence-corrected chi connectivity index (χ1v) is 2.93. The Kier molecular flexibility index (Phi) is 7000. The zero-order chi connectivity index (χ0) is 14.1. The molecule has 1 radical (unpaired) electrons. The summed E-state index contributed by atoms with van der Waals surface area (Å²) in [5.41, 5.74) is 10.1. The van der Waals surface area contributed by atoms with Crippen molar-refractivity contribution in [2.75, 3.05) is 13.1 Å². The van der Waals surface area contributed by atoms with Gasteiger partial charge in [0.15, 0.2) is 0 Å². The van der Waals surface area contributed by atoms with Gasteiger partial charge >= 0.3 is 17.1 Å². The SMILES string of the molecule is NCCCN.[C-]#N.[C-]#N.[C-]#N.[C-]#N.[C-]#N.[Fe+5]. The minimum atomic E-state index is 0. The van der Waals surface area contributed by atoms with Crippen molar-refractivity contribution in [3.8, 4) is 0 Å². The summed E-state index contributed by atoms with van der Waals surface area (Å²) in [6.07, 6.45) is 0.944. The Morgan fingerprint density at radius 2 is 0.688 bits per heavy atom. The zero-order valence-corrected chi connectivity index (χ0v) is 9.47. The van der Waals surface area contributed by atoms with Gasteiger partial charge in [-0.25, -0.2) is 0 Å². The zero-order valence-electron chi connectivity index (χ0n) is 8.37. The molecule has 0 aromatic carbocycles. The van der Waals surface area contributed by atoms with Crippen LogP contribution in [0.5, 0.6) is 0 Å². The number of nitrogens with two attached hydrogens (primary N) is 2. The average Bonchev–Trinajstić information content (AvgIpc) is 2.42. The van der Waals surface area contributed by atoms with Gasteiger partial charge in [0.05, 0.1) is 0 Å². The van der Waals surface area contributed by atoms with Gasteiger partial charge in [-0.3, -0.25) is 0 Å². The van der Waals surface area contributed by atoms with Crippen LogP contribution in [0.15, 0.2) is 0 Å². The fourth-order valence-electron chi connectivity index (χ4n) is 0.118. The molecule has 0 aliphatic heterocycles. The molecule has 0 saturated carbocycles. The second-order valence-electron chi connectivity index (χ2n) is 0.931. The predicted molar refractivity (Wildman–Crippen MR) is 47.6 cm³/mol. The Hall–Kier alpha value is -2.11. The molecular formula is C8H10FeN7. The summed E-state index contributed by atoms with van der Waals surface area (Å²) >= 11 is 0. The fourth-order valence-corrected chi connectivity index (χ4v) is 0.118. The summed E-state index contributed by atoms with van der Waals surface area (Å²) in [6.45, 7) is 25.2.